The summed E-state index contributed by atoms with van der Waals surface area (Å²) < 4.78 is 0. The molecule has 0 aromatic rings. The Balaban J connectivity index is 4.37. The Labute approximate surface area is 90.2 Å². The van der Waals surface area contributed by atoms with E-state index in [0.29, 0.717) is 0 Å². The SMILES string of the molecule is CC(=O)NC(C)(C)C(=O)NC(C)C(C)O. The molecule has 0 rings (SSSR count). The zero-order chi connectivity index (χ0) is 12.2. The summed E-state index contributed by atoms with van der Waals surface area (Å²) in [5, 5.41) is 14.4. The smallest absolute Gasteiger partial charge is 0.245 e. The molecule has 0 aliphatic rings. The van der Waals surface area contributed by atoms with E-state index in [1.165, 1.54) is 6.92 Å². The first-order valence-corrected chi connectivity index (χ1v) is 4.94. The van der Waals surface area contributed by atoms with E-state index in [9.17, 15) is 14.7 Å². The highest BCUT2D eigenvalue weighted by molar-refractivity contribution is 5.90. The fraction of sp³-hybridized carbons (Fsp3) is 0.800. The summed E-state index contributed by atoms with van der Waals surface area (Å²) in [6, 6.07) is -0.342. The highest BCUT2D eigenvalue weighted by Gasteiger charge is 2.29. The van der Waals surface area contributed by atoms with Crippen molar-refractivity contribution in [3.63, 3.8) is 0 Å². The summed E-state index contributed by atoms with van der Waals surface area (Å²) in [6.07, 6.45) is -0.623. The van der Waals surface area contributed by atoms with Crippen molar-refractivity contribution in [2.24, 2.45) is 0 Å². The summed E-state index contributed by atoms with van der Waals surface area (Å²) in [4.78, 5) is 22.5. The van der Waals surface area contributed by atoms with Crippen molar-refractivity contribution in [1.82, 2.24) is 10.6 Å². The molecule has 88 valence electrons. The second kappa shape index (κ2) is 5.11. The van der Waals surface area contributed by atoms with Crippen LogP contribution in [0.15, 0.2) is 0 Å². The molecule has 2 unspecified atom stereocenters. The summed E-state index contributed by atoms with van der Waals surface area (Å²) in [7, 11) is 0. The number of aliphatic hydroxyl groups excluding tert-OH is 1. The number of nitrogens with one attached hydrogen (secondary N) is 2. The van der Waals surface area contributed by atoms with E-state index in [-0.39, 0.29) is 17.9 Å². The number of amides is 2. The first-order valence-electron chi connectivity index (χ1n) is 4.94. The molecule has 2 amide bonds. The van der Waals surface area contributed by atoms with Gasteiger partial charge in [0.1, 0.15) is 5.54 Å². The molecule has 0 aliphatic heterocycles. The van der Waals surface area contributed by atoms with E-state index in [2.05, 4.69) is 10.6 Å². The molecule has 2 atom stereocenters. The van der Waals surface area contributed by atoms with Crippen LogP contribution in [0.3, 0.4) is 0 Å². The van der Waals surface area contributed by atoms with E-state index in [4.69, 9.17) is 0 Å². The van der Waals surface area contributed by atoms with Crippen molar-refractivity contribution >= 4 is 11.8 Å². The monoisotopic (exact) mass is 216 g/mol. The number of carbonyl (C=O) groups is 2. The van der Waals surface area contributed by atoms with Crippen molar-refractivity contribution in [3.05, 3.63) is 0 Å². The molecule has 3 N–H and O–H groups in total. The van der Waals surface area contributed by atoms with E-state index in [1.54, 1.807) is 27.7 Å². The summed E-state index contributed by atoms with van der Waals surface area (Å²) >= 11 is 0. The third-order valence-corrected chi connectivity index (χ3v) is 2.14. The molecule has 0 aromatic heterocycles. The maximum atomic E-state index is 11.7. The third-order valence-electron chi connectivity index (χ3n) is 2.14. The summed E-state index contributed by atoms with van der Waals surface area (Å²) in [5.74, 6) is -0.578. The lowest BCUT2D eigenvalue weighted by molar-refractivity contribution is -0.132. The average molecular weight is 216 g/mol. The molecule has 15 heavy (non-hydrogen) atoms. The van der Waals surface area contributed by atoms with Crippen LogP contribution in [-0.4, -0.2) is 34.6 Å². The normalized spacial score (nSPS) is 15.3. The molecule has 0 saturated heterocycles. The Morgan fingerprint density at radius 3 is 2.07 bits per heavy atom. The molecular weight excluding hydrogens is 196 g/mol. The van der Waals surface area contributed by atoms with Crippen LogP contribution in [0.1, 0.15) is 34.6 Å². The van der Waals surface area contributed by atoms with Gasteiger partial charge in [0.05, 0.1) is 12.1 Å². The molecule has 0 spiro atoms. The van der Waals surface area contributed by atoms with Crippen LogP contribution >= 0.6 is 0 Å². The van der Waals surface area contributed by atoms with E-state index < -0.39 is 11.6 Å². The van der Waals surface area contributed by atoms with Crippen LogP contribution in [-0.2, 0) is 9.59 Å². The van der Waals surface area contributed by atoms with E-state index in [1.807, 2.05) is 0 Å². The number of aliphatic hydroxyl groups is 1. The van der Waals surface area contributed by atoms with Gasteiger partial charge in [-0.1, -0.05) is 0 Å². The topological polar surface area (TPSA) is 78.4 Å². The number of hydrogen-bond acceptors (Lipinski definition) is 3. The molecule has 0 aliphatic carbocycles. The zero-order valence-electron chi connectivity index (χ0n) is 9.92. The van der Waals surface area contributed by atoms with Crippen molar-refractivity contribution < 1.29 is 14.7 Å². The molecular formula is C10H20N2O3. The van der Waals surface area contributed by atoms with Crippen LogP contribution in [0, 0.1) is 0 Å². The largest absolute Gasteiger partial charge is 0.391 e. The zero-order valence-corrected chi connectivity index (χ0v) is 9.92. The van der Waals surface area contributed by atoms with E-state index >= 15 is 0 Å². The highest BCUT2D eigenvalue weighted by Crippen LogP contribution is 2.03. The van der Waals surface area contributed by atoms with Gasteiger partial charge in [-0.15, -0.1) is 0 Å². The van der Waals surface area contributed by atoms with Crippen molar-refractivity contribution in [2.45, 2.75) is 52.3 Å². The Morgan fingerprint density at radius 2 is 1.73 bits per heavy atom. The maximum absolute atomic E-state index is 11.7. The second-order valence-electron chi connectivity index (χ2n) is 4.31. The molecule has 0 bridgehead atoms. The Kier molecular flexibility index (Phi) is 4.74. The number of hydrogen-bond donors (Lipinski definition) is 3. The minimum absolute atomic E-state index is 0.264. The van der Waals surface area contributed by atoms with Gasteiger partial charge in [0.2, 0.25) is 11.8 Å². The minimum atomic E-state index is -0.963. The highest BCUT2D eigenvalue weighted by atomic mass is 16.3. The van der Waals surface area contributed by atoms with E-state index in [0.717, 1.165) is 0 Å². The van der Waals surface area contributed by atoms with Crippen LogP contribution in [0.5, 0.6) is 0 Å². The van der Waals surface area contributed by atoms with Crippen LogP contribution in [0.25, 0.3) is 0 Å². The predicted molar refractivity (Wildman–Crippen MR) is 57.2 cm³/mol. The Morgan fingerprint density at radius 1 is 1.27 bits per heavy atom. The molecule has 0 heterocycles. The molecule has 0 aromatic carbocycles. The van der Waals surface area contributed by atoms with Gasteiger partial charge in [0.25, 0.3) is 0 Å². The number of carbonyl (C=O) groups excluding carboxylic acids is 2. The van der Waals surface area contributed by atoms with Crippen LogP contribution in [0.4, 0.5) is 0 Å². The molecule has 5 heteroatoms. The van der Waals surface area contributed by atoms with Crippen LogP contribution < -0.4 is 10.6 Å². The van der Waals surface area contributed by atoms with Gasteiger partial charge in [-0.3, -0.25) is 9.59 Å². The summed E-state index contributed by atoms with van der Waals surface area (Å²) in [5.41, 5.74) is -0.963. The van der Waals surface area contributed by atoms with Crippen molar-refractivity contribution in [3.8, 4) is 0 Å². The lowest BCUT2D eigenvalue weighted by Crippen LogP contribution is -2.57. The lowest BCUT2D eigenvalue weighted by atomic mass is 10.0. The van der Waals surface area contributed by atoms with Gasteiger partial charge in [-0.25, -0.2) is 0 Å². The summed E-state index contributed by atoms with van der Waals surface area (Å²) in [6.45, 7) is 7.87. The molecule has 5 nitrogen and oxygen atoms in total. The minimum Gasteiger partial charge on any atom is -0.391 e. The third kappa shape index (κ3) is 4.78. The van der Waals surface area contributed by atoms with Crippen molar-refractivity contribution in [2.75, 3.05) is 0 Å². The molecule has 0 fully saturated rings. The van der Waals surface area contributed by atoms with Gasteiger partial charge < -0.3 is 15.7 Å². The van der Waals surface area contributed by atoms with Gasteiger partial charge in [0.15, 0.2) is 0 Å². The first kappa shape index (κ1) is 13.9. The fourth-order valence-corrected chi connectivity index (χ4v) is 1.00. The quantitative estimate of drug-likeness (QED) is 0.608. The Bertz CT molecular complexity index is 249. The van der Waals surface area contributed by atoms with Gasteiger partial charge in [-0.2, -0.15) is 0 Å². The van der Waals surface area contributed by atoms with Crippen molar-refractivity contribution in [1.29, 1.82) is 0 Å². The van der Waals surface area contributed by atoms with Gasteiger partial charge in [0, 0.05) is 6.92 Å². The first-order chi connectivity index (χ1) is 6.66. The predicted octanol–water partition coefficient (Wildman–Crippen LogP) is -0.213. The van der Waals surface area contributed by atoms with Gasteiger partial charge >= 0.3 is 0 Å². The number of rotatable bonds is 4. The Hall–Kier alpha value is -1.10. The fourth-order valence-electron chi connectivity index (χ4n) is 1.00. The van der Waals surface area contributed by atoms with Crippen LogP contribution in [0.2, 0.25) is 0 Å². The molecule has 0 radical (unpaired) electrons. The standard InChI is InChI=1S/C10H20N2O3/c1-6(7(2)13)11-9(15)10(4,5)12-8(3)14/h6-7,13H,1-5H3,(H,11,15)(H,12,14). The van der Waals surface area contributed by atoms with Gasteiger partial charge in [-0.05, 0) is 27.7 Å². The second-order valence-corrected chi connectivity index (χ2v) is 4.31. The average Bonchev–Trinajstić information content (AvgIpc) is 2.01. The maximum Gasteiger partial charge on any atom is 0.245 e. The lowest BCUT2D eigenvalue weighted by Gasteiger charge is -2.27. The molecule has 0 saturated carbocycles.